The molecule has 0 saturated carbocycles. The minimum atomic E-state index is 0.00773. The number of H-pyrrole nitrogens is 1. The Kier molecular flexibility index (Phi) is 5.94. The lowest BCUT2D eigenvalue weighted by atomic mass is 10.1. The molecule has 33 heavy (non-hydrogen) atoms. The van der Waals surface area contributed by atoms with Gasteiger partial charge in [-0.3, -0.25) is 9.89 Å². The molecule has 1 aliphatic rings. The molecule has 0 saturated heterocycles. The number of pyridine rings is 1. The number of aryl methyl sites for hydroxylation is 4. The highest BCUT2D eigenvalue weighted by Gasteiger charge is 2.22. The number of imidazole rings is 1. The first-order valence-corrected chi connectivity index (χ1v) is 11.8. The van der Waals surface area contributed by atoms with Gasteiger partial charge in [0.25, 0.3) is 5.91 Å². The van der Waals surface area contributed by atoms with E-state index >= 15 is 0 Å². The van der Waals surface area contributed by atoms with Crippen LogP contribution < -0.4 is 0 Å². The molecule has 4 aromatic rings. The summed E-state index contributed by atoms with van der Waals surface area (Å²) in [6.45, 7) is 3.55. The Morgan fingerprint density at radius 1 is 1.12 bits per heavy atom. The van der Waals surface area contributed by atoms with Gasteiger partial charge in [0, 0.05) is 43.5 Å². The molecule has 170 valence electrons. The van der Waals surface area contributed by atoms with Crippen molar-refractivity contribution in [3.05, 3.63) is 65.2 Å². The highest BCUT2D eigenvalue weighted by Crippen LogP contribution is 2.25. The van der Waals surface area contributed by atoms with E-state index in [1.807, 2.05) is 38.2 Å². The molecular formula is C26H30N6O. The van der Waals surface area contributed by atoms with E-state index in [2.05, 4.69) is 33.0 Å². The van der Waals surface area contributed by atoms with Crippen LogP contribution in [0.15, 0.2) is 42.5 Å². The molecule has 1 aromatic carbocycles. The van der Waals surface area contributed by atoms with Crippen LogP contribution in [0.2, 0.25) is 0 Å². The second-order valence-corrected chi connectivity index (χ2v) is 8.95. The first kappa shape index (κ1) is 21.4. The van der Waals surface area contributed by atoms with Crippen molar-refractivity contribution in [1.29, 1.82) is 0 Å². The quantitative estimate of drug-likeness (QED) is 0.475. The van der Waals surface area contributed by atoms with Crippen LogP contribution in [0.5, 0.6) is 0 Å². The third-order valence-electron chi connectivity index (χ3n) is 6.41. The Morgan fingerprint density at radius 3 is 2.82 bits per heavy atom. The van der Waals surface area contributed by atoms with E-state index in [0.29, 0.717) is 12.1 Å². The number of aromatic nitrogens is 5. The highest BCUT2D eigenvalue weighted by atomic mass is 16.2. The van der Waals surface area contributed by atoms with Crippen LogP contribution in [0.4, 0.5) is 0 Å². The molecule has 3 aromatic heterocycles. The van der Waals surface area contributed by atoms with Gasteiger partial charge in [-0.25, -0.2) is 9.97 Å². The summed E-state index contributed by atoms with van der Waals surface area (Å²) in [6, 6.07) is 14.1. The summed E-state index contributed by atoms with van der Waals surface area (Å²) in [7, 11) is 1.87. The molecule has 0 atom stereocenters. The molecule has 0 radical (unpaired) electrons. The maximum atomic E-state index is 13.4. The van der Waals surface area contributed by atoms with Crippen molar-refractivity contribution < 1.29 is 4.79 Å². The number of carbonyl (C=O) groups excluding carboxylic acids is 1. The fourth-order valence-electron chi connectivity index (χ4n) is 4.64. The Hall–Kier alpha value is -3.48. The van der Waals surface area contributed by atoms with Crippen LogP contribution in [-0.4, -0.2) is 49.1 Å². The molecule has 4 heterocycles. The van der Waals surface area contributed by atoms with Gasteiger partial charge in [0.1, 0.15) is 11.3 Å². The van der Waals surface area contributed by atoms with Crippen LogP contribution >= 0.6 is 0 Å². The van der Waals surface area contributed by atoms with Gasteiger partial charge in [0.15, 0.2) is 5.65 Å². The normalized spacial score (nSPS) is 13.6. The molecular weight excluding hydrogens is 412 g/mol. The van der Waals surface area contributed by atoms with E-state index in [0.717, 1.165) is 78.3 Å². The second kappa shape index (κ2) is 9.17. The lowest BCUT2D eigenvalue weighted by Gasteiger charge is -2.17. The van der Waals surface area contributed by atoms with Crippen molar-refractivity contribution in [1.82, 2.24) is 29.6 Å². The lowest BCUT2D eigenvalue weighted by molar-refractivity contribution is 0.0795. The first-order valence-electron chi connectivity index (χ1n) is 11.8. The number of carbonyl (C=O) groups is 1. The summed E-state index contributed by atoms with van der Waals surface area (Å²) < 4.78 is 2.22. The maximum absolute atomic E-state index is 13.4. The van der Waals surface area contributed by atoms with Crippen LogP contribution in [0.1, 0.15) is 53.3 Å². The summed E-state index contributed by atoms with van der Waals surface area (Å²) in [5, 5.41) is 7.56. The van der Waals surface area contributed by atoms with Gasteiger partial charge >= 0.3 is 0 Å². The second-order valence-electron chi connectivity index (χ2n) is 8.95. The molecule has 0 aliphatic carbocycles. The Labute approximate surface area is 193 Å². The van der Waals surface area contributed by atoms with Crippen LogP contribution in [0.25, 0.3) is 22.4 Å². The monoisotopic (exact) mass is 442 g/mol. The predicted molar refractivity (Wildman–Crippen MR) is 129 cm³/mol. The zero-order valence-electron chi connectivity index (χ0n) is 19.3. The topological polar surface area (TPSA) is 79.7 Å². The number of fused-ring (bicyclic) bond motifs is 3. The van der Waals surface area contributed by atoms with E-state index in [4.69, 9.17) is 9.97 Å². The number of nitrogens with one attached hydrogen (secondary N) is 1. The number of amides is 1. The van der Waals surface area contributed by atoms with E-state index in [1.165, 1.54) is 6.42 Å². The molecule has 5 rings (SSSR count). The van der Waals surface area contributed by atoms with Gasteiger partial charge in [-0.1, -0.05) is 36.8 Å². The molecule has 7 heteroatoms. The Morgan fingerprint density at radius 2 is 1.97 bits per heavy atom. The predicted octanol–water partition coefficient (Wildman–Crippen LogP) is 4.56. The largest absolute Gasteiger partial charge is 0.342 e. The minimum absolute atomic E-state index is 0.00773. The fourth-order valence-corrected chi connectivity index (χ4v) is 4.64. The minimum Gasteiger partial charge on any atom is -0.342 e. The SMILES string of the molecule is Cc1cc(C(=O)N(C)CCCc2cc(-c3ccccc3)n[nH]2)c2nc3n(c2n1)CCCCC3. The molecule has 1 amide bonds. The number of aromatic amines is 1. The molecule has 0 bridgehead atoms. The number of nitrogens with zero attached hydrogens (tertiary/aromatic N) is 5. The maximum Gasteiger partial charge on any atom is 0.255 e. The molecule has 1 aliphatic heterocycles. The molecule has 1 N–H and O–H groups in total. The number of hydrogen-bond donors (Lipinski definition) is 1. The van der Waals surface area contributed by atoms with Crippen molar-refractivity contribution in [2.45, 2.75) is 52.0 Å². The summed E-state index contributed by atoms with van der Waals surface area (Å²) in [4.78, 5) is 24.7. The number of benzene rings is 1. The molecule has 0 fully saturated rings. The van der Waals surface area contributed by atoms with Crippen molar-refractivity contribution in [2.24, 2.45) is 0 Å². The molecule has 7 nitrogen and oxygen atoms in total. The third kappa shape index (κ3) is 4.40. The van der Waals surface area contributed by atoms with Gasteiger partial charge in [0.05, 0.1) is 11.3 Å². The van der Waals surface area contributed by atoms with Crippen LogP contribution in [0.3, 0.4) is 0 Å². The molecule has 0 unspecified atom stereocenters. The average Bonchev–Trinajstić information content (AvgIpc) is 3.36. The van der Waals surface area contributed by atoms with Crippen molar-refractivity contribution in [2.75, 3.05) is 13.6 Å². The zero-order chi connectivity index (χ0) is 22.8. The smallest absolute Gasteiger partial charge is 0.255 e. The van der Waals surface area contributed by atoms with Crippen LogP contribution in [0, 0.1) is 6.92 Å². The van der Waals surface area contributed by atoms with Crippen LogP contribution in [-0.2, 0) is 19.4 Å². The average molecular weight is 443 g/mol. The third-order valence-corrected chi connectivity index (χ3v) is 6.41. The van der Waals surface area contributed by atoms with Crippen molar-refractivity contribution in [3.8, 4) is 11.3 Å². The number of hydrogen-bond acceptors (Lipinski definition) is 4. The van der Waals surface area contributed by atoms with Gasteiger partial charge in [-0.05, 0) is 44.7 Å². The standard InChI is InChI=1S/C26H30N6O/c1-18-16-21(24-25(27-18)32-15-8-4-7-13-23(32)28-24)26(33)31(2)14-9-12-20-17-22(30-29-20)19-10-5-3-6-11-19/h3,5-6,10-11,16-17H,4,7-9,12-15H2,1-2H3,(H,29,30). The van der Waals surface area contributed by atoms with E-state index in [-0.39, 0.29) is 5.91 Å². The van der Waals surface area contributed by atoms with Gasteiger partial charge in [0.2, 0.25) is 0 Å². The summed E-state index contributed by atoms with van der Waals surface area (Å²) >= 11 is 0. The Balaban J connectivity index is 1.28. The van der Waals surface area contributed by atoms with Gasteiger partial charge in [-0.2, -0.15) is 5.10 Å². The lowest BCUT2D eigenvalue weighted by Crippen LogP contribution is -2.28. The summed E-state index contributed by atoms with van der Waals surface area (Å²) in [5.74, 6) is 1.07. The Bertz CT molecular complexity index is 1270. The van der Waals surface area contributed by atoms with E-state index in [1.54, 1.807) is 4.90 Å². The first-order chi connectivity index (χ1) is 16.1. The fraction of sp³-hybridized carbons (Fsp3) is 0.385. The summed E-state index contributed by atoms with van der Waals surface area (Å²) in [6.07, 6.45) is 6.14. The van der Waals surface area contributed by atoms with Gasteiger partial charge < -0.3 is 9.47 Å². The van der Waals surface area contributed by atoms with Crippen molar-refractivity contribution in [3.63, 3.8) is 0 Å². The van der Waals surface area contributed by atoms with E-state index in [9.17, 15) is 4.79 Å². The molecule has 0 spiro atoms. The van der Waals surface area contributed by atoms with E-state index < -0.39 is 0 Å². The highest BCUT2D eigenvalue weighted by molar-refractivity contribution is 6.04. The number of rotatable bonds is 6. The summed E-state index contributed by atoms with van der Waals surface area (Å²) in [5.41, 5.74) is 6.25. The zero-order valence-corrected chi connectivity index (χ0v) is 19.3. The van der Waals surface area contributed by atoms with Crippen molar-refractivity contribution >= 4 is 17.1 Å². The van der Waals surface area contributed by atoms with Gasteiger partial charge in [-0.15, -0.1) is 0 Å².